The standard InChI is InChI=1S/C37H52ClN5O6/c1-7-12-25(30(44)34(47)39-6)40-32(45)27-19-37(18-26(42-49-37)23-15-11-16-24(38)17-23)20-43(27)35(48)31(36(3,4)5)41-33(46)29-21(2)28(29)22-13-9-8-10-14-22/h11,15-17,21-22,25,27-29,31H,7-10,12-14,18-20H2,1-6H3,(H,39,47)(H,40,45)(H,41,46)/t21-,25-,27-,28+,29-,31+,37+/m0/s1. The Morgan fingerprint density at radius 2 is 1.80 bits per heavy atom. The number of carbonyl (C=O) groups is 5. The van der Waals surface area contributed by atoms with Gasteiger partial charge in [-0.3, -0.25) is 24.0 Å². The Morgan fingerprint density at radius 1 is 1.08 bits per heavy atom. The van der Waals surface area contributed by atoms with Gasteiger partial charge < -0.3 is 25.7 Å². The Hall–Kier alpha value is -3.47. The molecule has 2 aliphatic heterocycles. The van der Waals surface area contributed by atoms with Crippen LogP contribution in [0.1, 0.15) is 98.0 Å². The third-order valence-electron chi connectivity index (χ3n) is 11.0. The number of rotatable bonds is 11. The SMILES string of the molecule is CCC[C@H](NC(=O)[C@@H]1C[C@]2(CC(c3cccc(Cl)c3)=NO2)CN1C(=O)[C@@H](NC(=O)[C@H]1[C@@H](C)[C@@H]1C1CCCCC1)C(C)(C)C)C(=O)C(=O)NC. The predicted molar refractivity (Wildman–Crippen MR) is 187 cm³/mol. The molecule has 1 spiro atoms. The molecule has 5 rings (SSSR count). The molecule has 268 valence electrons. The van der Waals surface area contributed by atoms with Crippen LogP contribution in [-0.2, 0) is 28.8 Å². The van der Waals surface area contributed by atoms with Crippen molar-refractivity contribution in [3.05, 3.63) is 34.9 Å². The fraction of sp³-hybridized carbons (Fsp3) is 0.676. The molecule has 11 nitrogen and oxygen atoms in total. The number of benzene rings is 1. The first kappa shape index (κ1) is 36.8. The van der Waals surface area contributed by atoms with Crippen LogP contribution in [0.2, 0.25) is 5.02 Å². The van der Waals surface area contributed by atoms with Crippen molar-refractivity contribution in [2.24, 2.45) is 34.2 Å². The van der Waals surface area contributed by atoms with Crippen LogP contribution in [0, 0.1) is 29.1 Å². The normalized spacial score (nSPS) is 27.9. The number of ketones is 1. The molecule has 7 atom stereocenters. The van der Waals surface area contributed by atoms with E-state index in [2.05, 4.69) is 28.0 Å². The first-order valence-electron chi connectivity index (χ1n) is 17.9. The molecule has 0 bridgehead atoms. The fourth-order valence-corrected chi connectivity index (χ4v) is 8.45. The number of oxime groups is 1. The van der Waals surface area contributed by atoms with E-state index in [1.165, 1.54) is 31.2 Å². The fourth-order valence-electron chi connectivity index (χ4n) is 8.26. The van der Waals surface area contributed by atoms with E-state index in [9.17, 15) is 24.0 Å². The zero-order valence-corrected chi connectivity index (χ0v) is 30.4. The van der Waals surface area contributed by atoms with Crippen LogP contribution in [0.4, 0.5) is 0 Å². The molecule has 0 aromatic heterocycles. The lowest BCUT2D eigenvalue weighted by molar-refractivity contribution is -0.145. The van der Waals surface area contributed by atoms with Crippen LogP contribution in [0.25, 0.3) is 0 Å². The van der Waals surface area contributed by atoms with Gasteiger partial charge in [-0.25, -0.2) is 0 Å². The number of hydrogen-bond donors (Lipinski definition) is 3. The molecule has 1 aromatic carbocycles. The molecule has 3 fully saturated rings. The van der Waals surface area contributed by atoms with Crippen LogP contribution in [-0.4, -0.2) is 77.3 Å². The second-order valence-corrected chi connectivity index (χ2v) is 16.1. The van der Waals surface area contributed by atoms with Gasteiger partial charge in [0.15, 0.2) is 5.60 Å². The summed E-state index contributed by atoms with van der Waals surface area (Å²) >= 11 is 6.25. The Morgan fingerprint density at radius 3 is 2.43 bits per heavy atom. The Labute approximate surface area is 294 Å². The molecular weight excluding hydrogens is 646 g/mol. The molecule has 0 unspecified atom stereocenters. The van der Waals surface area contributed by atoms with Crippen molar-refractivity contribution < 1.29 is 28.8 Å². The van der Waals surface area contributed by atoms with Gasteiger partial charge in [-0.05, 0) is 41.7 Å². The van der Waals surface area contributed by atoms with Gasteiger partial charge >= 0.3 is 0 Å². The maximum atomic E-state index is 14.7. The van der Waals surface area contributed by atoms with E-state index in [1.807, 2.05) is 39.8 Å². The molecular formula is C37H52ClN5O6. The lowest BCUT2D eigenvalue weighted by Crippen LogP contribution is -2.59. The summed E-state index contributed by atoms with van der Waals surface area (Å²) in [4.78, 5) is 75.3. The van der Waals surface area contributed by atoms with Crippen molar-refractivity contribution in [1.82, 2.24) is 20.9 Å². The largest absolute Gasteiger partial charge is 0.387 e. The molecule has 49 heavy (non-hydrogen) atoms. The highest BCUT2D eigenvalue weighted by molar-refractivity contribution is 6.38. The molecule has 1 aromatic rings. The Balaban J connectivity index is 1.40. The summed E-state index contributed by atoms with van der Waals surface area (Å²) in [5.74, 6) is -1.64. The second kappa shape index (κ2) is 14.8. The number of hydrogen-bond acceptors (Lipinski definition) is 7. The molecule has 2 heterocycles. The van der Waals surface area contributed by atoms with Crippen LogP contribution in [0.5, 0.6) is 0 Å². The first-order valence-corrected chi connectivity index (χ1v) is 18.3. The van der Waals surface area contributed by atoms with Gasteiger partial charge in [0.25, 0.3) is 5.91 Å². The van der Waals surface area contributed by atoms with Gasteiger partial charge in [0, 0.05) is 36.4 Å². The van der Waals surface area contributed by atoms with Crippen LogP contribution < -0.4 is 16.0 Å². The highest BCUT2D eigenvalue weighted by Crippen LogP contribution is 2.54. The molecule has 4 aliphatic rings. The van der Waals surface area contributed by atoms with E-state index in [1.54, 1.807) is 12.1 Å². The average Bonchev–Trinajstić information content (AvgIpc) is 3.38. The van der Waals surface area contributed by atoms with E-state index >= 15 is 0 Å². The maximum absolute atomic E-state index is 14.7. The van der Waals surface area contributed by atoms with Gasteiger partial charge in [0.2, 0.25) is 23.5 Å². The lowest BCUT2D eigenvalue weighted by Gasteiger charge is -2.36. The van der Waals surface area contributed by atoms with Gasteiger partial charge in [0.1, 0.15) is 12.1 Å². The summed E-state index contributed by atoms with van der Waals surface area (Å²) in [6.07, 6.45) is 7.17. The molecule has 2 saturated carbocycles. The number of likely N-dealkylation sites (tertiary alicyclic amines) is 1. The quantitative estimate of drug-likeness (QED) is 0.292. The molecule has 12 heteroatoms. The average molecular weight is 698 g/mol. The number of Topliss-reactive ketones (excluding diaryl/α,β-unsaturated/α-hetero) is 1. The topological polar surface area (TPSA) is 146 Å². The number of amides is 4. The van der Waals surface area contributed by atoms with Crippen molar-refractivity contribution in [2.75, 3.05) is 13.6 Å². The summed E-state index contributed by atoms with van der Waals surface area (Å²) in [6.45, 7) is 9.73. The molecule has 2 aliphatic carbocycles. The van der Waals surface area contributed by atoms with Crippen LogP contribution in [0.3, 0.4) is 0 Å². The smallest absolute Gasteiger partial charge is 0.289 e. The lowest BCUT2D eigenvalue weighted by atomic mass is 9.84. The molecule has 3 N–H and O–H groups in total. The molecule has 0 radical (unpaired) electrons. The minimum atomic E-state index is -1.06. The van der Waals surface area contributed by atoms with Crippen molar-refractivity contribution in [2.45, 2.75) is 116 Å². The molecule has 4 amide bonds. The van der Waals surface area contributed by atoms with Gasteiger partial charge in [-0.1, -0.05) is 102 Å². The van der Waals surface area contributed by atoms with E-state index in [0.717, 1.165) is 18.4 Å². The minimum absolute atomic E-state index is 0.0479. The number of nitrogens with one attached hydrogen (secondary N) is 3. The van der Waals surface area contributed by atoms with Gasteiger partial charge in [-0.2, -0.15) is 0 Å². The summed E-state index contributed by atoms with van der Waals surface area (Å²) in [5, 5.41) is 13.1. The van der Waals surface area contributed by atoms with E-state index in [0.29, 0.717) is 35.4 Å². The van der Waals surface area contributed by atoms with Crippen molar-refractivity contribution in [3.63, 3.8) is 0 Å². The monoisotopic (exact) mass is 697 g/mol. The minimum Gasteiger partial charge on any atom is -0.387 e. The Bertz CT molecular complexity index is 1490. The number of nitrogens with zero attached hydrogens (tertiary/aromatic N) is 2. The van der Waals surface area contributed by atoms with E-state index in [4.69, 9.17) is 16.4 Å². The van der Waals surface area contributed by atoms with Gasteiger partial charge in [0.05, 0.1) is 18.3 Å². The number of halogens is 1. The number of carbonyl (C=O) groups excluding carboxylic acids is 5. The zero-order chi connectivity index (χ0) is 35.7. The summed E-state index contributed by atoms with van der Waals surface area (Å²) in [7, 11) is 1.36. The first-order chi connectivity index (χ1) is 23.2. The third-order valence-corrected chi connectivity index (χ3v) is 11.2. The maximum Gasteiger partial charge on any atom is 0.289 e. The summed E-state index contributed by atoms with van der Waals surface area (Å²) < 4.78 is 0. The summed E-state index contributed by atoms with van der Waals surface area (Å²) in [5.41, 5.74) is -0.267. The second-order valence-electron chi connectivity index (χ2n) is 15.6. The van der Waals surface area contributed by atoms with Crippen molar-refractivity contribution >= 4 is 46.7 Å². The van der Waals surface area contributed by atoms with Crippen LogP contribution >= 0.6 is 11.6 Å². The highest BCUT2D eigenvalue weighted by atomic mass is 35.5. The highest BCUT2D eigenvalue weighted by Gasteiger charge is 2.58. The number of likely N-dealkylation sites (N-methyl/N-ethyl adjacent to an activating group) is 1. The van der Waals surface area contributed by atoms with Gasteiger partial charge in [-0.15, -0.1) is 0 Å². The van der Waals surface area contributed by atoms with Crippen molar-refractivity contribution in [1.29, 1.82) is 0 Å². The van der Waals surface area contributed by atoms with Crippen molar-refractivity contribution in [3.8, 4) is 0 Å². The predicted octanol–water partition coefficient (Wildman–Crippen LogP) is 4.40. The summed E-state index contributed by atoms with van der Waals surface area (Å²) in [6, 6.07) is 4.24. The van der Waals surface area contributed by atoms with E-state index < -0.39 is 52.6 Å². The Kier molecular flexibility index (Phi) is 11.1. The van der Waals surface area contributed by atoms with E-state index in [-0.39, 0.29) is 37.1 Å². The zero-order valence-electron chi connectivity index (χ0n) is 29.6. The third kappa shape index (κ3) is 7.97. The van der Waals surface area contributed by atoms with Crippen LogP contribution in [0.15, 0.2) is 29.4 Å². The molecule has 1 saturated heterocycles.